The number of hydrogen-bond acceptors (Lipinski definition) is 5. The number of terminal acetylenes is 1. The van der Waals surface area contributed by atoms with Gasteiger partial charge in [0.1, 0.15) is 17.7 Å². The molecule has 32 heavy (non-hydrogen) atoms. The Labute approximate surface area is 197 Å². The molecule has 2 atom stereocenters. The number of nitrogens with zero attached hydrogens (tertiary/aromatic N) is 1. The Morgan fingerprint density at radius 1 is 1.22 bits per heavy atom. The second kappa shape index (κ2) is 13.0. The molecule has 1 rings (SSSR count). The fourth-order valence-electron chi connectivity index (χ4n) is 3.10. The maximum atomic E-state index is 13.4. The monoisotopic (exact) mass is 461 g/mol. The van der Waals surface area contributed by atoms with E-state index in [0.717, 1.165) is 12.8 Å². The van der Waals surface area contributed by atoms with Gasteiger partial charge in [0.2, 0.25) is 11.8 Å². The largest absolute Gasteiger partial charge is 0.444 e. The summed E-state index contributed by atoms with van der Waals surface area (Å²) in [6.45, 7) is 9.71. The topological polar surface area (TPSA) is 87.7 Å². The minimum Gasteiger partial charge on any atom is -0.444 e. The molecule has 8 heteroatoms. The van der Waals surface area contributed by atoms with Gasteiger partial charge in [0, 0.05) is 24.4 Å². The number of hydrogen-bond donors (Lipinski definition) is 3. The van der Waals surface area contributed by atoms with Crippen LogP contribution in [-0.2, 0) is 14.3 Å². The van der Waals surface area contributed by atoms with Crippen molar-refractivity contribution < 1.29 is 19.1 Å². The summed E-state index contributed by atoms with van der Waals surface area (Å²) >= 11 is 4.24. The fraction of sp³-hybridized carbons (Fsp3) is 0.542. The lowest BCUT2D eigenvalue weighted by Gasteiger charge is -2.33. The van der Waals surface area contributed by atoms with Crippen molar-refractivity contribution in [1.29, 1.82) is 0 Å². The lowest BCUT2D eigenvalue weighted by molar-refractivity contribution is -0.141. The quantitative estimate of drug-likeness (QED) is 0.283. The van der Waals surface area contributed by atoms with Crippen molar-refractivity contribution in [2.24, 2.45) is 0 Å². The maximum Gasteiger partial charge on any atom is 0.408 e. The first kappa shape index (κ1) is 27.4. The summed E-state index contributed by atoms with van der Waals surface area (Å²) in [6, 6.07) is 5.11. The normalized spacial score (nSPS) is 12.8. The van der Waals surface area contributed by atoms with Crippen LogP contribution in [0, 0.1) is 12.3 Å². The van der Waals surface area contributed by atoms with Gasteiger partial charge in [-0.25, -0.2) is 4.79 Å². The number of carbonyl (C=O) groups is 3. The molecule has 0 fully saturated rings. The van der Waals surface area contributed by atoms with Crippen LogP contribution in [0.25, 0.3) is 0 Å². The maximum absolute atomic E-state index is 13.4. The molecule has 1 aromatic carbocycles. The molecule has 176 valence electrons. The number of amides is 3. The first-order valence-electron chi connectivity index (χ1n) is 10.8. The highest BCUT2D eigenvalue weighted by atomic mass is 32.1. The zero-order valence-electron chi connectivity index (χ0n) is 19.6. The van der Waals surface area contributed by atoms with Crippen molar-refractivity contribution in [3.63, 3.8) is 0 Å². The average Bonchev–Trinajstić information content (AvgIpc) is 2.74. The molecule has 0 aromatic heterocycles. The van der Waals surface area contributed by atoms with Gasteiger partial charge < -0.3 is 20.3 Å². The van der Waals surface area contributed by atoms with Gasteiger partial charge in [-0.15, -0.1) is 6.42 Å². The van der Waals surface area contributed by atoms with Gasteiger partial charge in [-0.05, 0) is 45.7 Å². The Bertz CT molecular complexity index is 829. The Morgan fingerprint density at radius 2 is 1.88 bits per heavy atom. The number of unbranched alkanes of at least 4 members (excludes halogenated alkanes) is 1. The summed E-state index contributed by atoms with van der Waals surface area (Å²) in [7, 11) is 0. The number of alkyl carbamates (subject to hydrolysis) is 1. The van der Waals surface area contributed by atoms with Gasteiger partial charge in [-0.3, -0.25) is 9.59 Å². The molecule has 0 spiro atoms. The highest BCUT2D eigenvalue weighted by molar-refractivity contribution is 7.80. The highest BCUT2D eigenvalue weighted by Crippen LogP contribution is 2.25. The number of rotatable bonds is 10. The highest BCUT2D eigenvalue weighted by Gasteiger charge is 2.35. The Balaban J connectivity index is 3.29. The van der Waals surface area contributed by atoms with Crippen LogP contribution in [0.5, 0.6) is 0 Å². The first-order valence-corrected chi connectivity index (χ1v) is 11.5. The molecule has 0 saturated heterocycles. The molecule has 0 aliphatic heterocycles. The lowest BCUT2D eigenvalue weighted by atomic mass is 9.97. The van der Waals surface area contributed by atoms with Crippen LogP contribution in [0.1, 0.15) is 64.6 Å². The van der Waals surface area contributed by atoms with E-state index < -0.39 is 29.7 Å². The zero-order chi connectivity index (χ0) is 24.3. The number of likely N-dealkylation sites (N-methyl/N-ethyl adjacent to an activating group) is 1. The van der Waals surface area contributed by atoms with Gasteiger partial charge in [0.25, 0.3) is 0 Å². The first-order chi connectivity index (χ1) is 15.1. The van der Waals surface area contributed by atoms with Gasteiger partial charge >= 0.3 is 6.09 Å². The minimum atomic E-state index is -0.975. The van der Waals surface area contributed by atoms with E-state index in [1.165, 1.54) is 4.90 Å². The Morgan fingerprint density at radius 3 is 2.41 bits per heavy atom. The van der Waals surface area contributed by atoms with Crippen molar-refractivity contribution in [3.05, 3.63) is 35.4 Å². The van der Waals surface area contributed by atoms with Gasteiger partial charge in [-0.2, -0.15) is 12.6 Å². The number of thiol groups is 1. The molecule has 7 nitrogen and oxygen atoms in total. The molecule has 0 saturated carbocycles. The van der Waals surface area contributed by atoms with Crippen molar-refractivity contribution in [2.45, 2.75) is 65.1 Å². The molecule has 2 N–H and O–H groups in total. The van der Waals surface area contributed by atoms with Gasteiger partial charge in [0.05, 0.1) is 0 Å². The van der Waals surface area contributed by atoms with Crippen molar-refractivity contribution >= 4 is 30.5 Å². The van der Waals surface area contributed by atoms with Crippen LogP contribution in [0.3, 0.4) is 0 Å². The number of nitrogens with one attached hydrogen (secondary N) is 2. The van der Waals surface area contributed by atoms with Crippen LogP contribution in [0.4, 0.5) is 4.79 Å². The molecule has 0 bridgehead atoms. The van der Waals surface area contributed by atoms with Crippen molar-refractivity contribution in [3.8, 4) is 12.3 Å². The summed E-state index contributed by atoms with van der Waals surface area (Å²) < 4.78 is 5.27. The van der Waals surface area contributed by atoms with E-state index in [1.54, 1.807) is 52.0 Å². The molecule has 0 aliphatic rings. The Hall–Kier alpha value is -2.66. The summed E-state index contributed by atoms with van der Waals surface area (Å²) in [5, 5.41) is 5.46. The summed E-state index contributed by atoms with van der Waals surface area (Å²) in [5.74, 6) is 1.86. The van der Waals surface area contributed by atoms with E-state index >= 15 is 0 Å². The van der Waals surface area contributed by atoms with E-state index in [4.69, 9.17) is 11.2 Å². The molecule has 0 radical (unpaired) electrons. The molecular formula is C24H35N3O4S. The van der Waals surface area contributed by atoms with Crippen LogP contribution >= 0.6 is 12.6 Å². The summed E-state index contributed by atoms with van der Waals surface area (Å²) in [4.78, 5) is 40.3. The molecule has 1 aromatic rings. The molecule has 2 unspecified atom stereocenters. The van der Waals surface area contributed by atoms with E-state index in [9.17, 15) is 14.4 Å². The molecule has 3 amide bonds. The SMILES string of the molecule is C#Cc1ccccc1C(C(=O)NCCCC)N(CC)C(=O)C(CS)NC(=O)OC(C)(C)C. The number of benzene rings is 1. The molecule has 0 heterocycles. The van der Waals surface area contributed by atoms with Crippen molar-refractivity contribution in [1.82, 2.24) is 15.5 Å². The lowest BCUT2D eigenvalue weighted by Crippen LogP contribution is -2.53. The summed E-state index contributed by atoms with van der Waals surface area (Å²) in [5.41, 5.74) is 0.359. The van der Waals surface area contributed by atoms with Crippen LogP contribution in [0.2, 0.25) is 0 Å². The molecule has 0 aliphatic carbocycles. The third kappa shape index (κ3) is 8.12. The second-order valence-corrected chi connectivity index (χ2v) is 8.65. The number of ether oxygens (including phenoxy) is 1. The van der Waals surface area contributed by atoms with E-state index in [0.29, 0.717) is 17.7 Å². The van der Waals surface area contributed by atoms with Crippen molar-refractivity contribution in [2.75, 3.05) is 18.8 Å². The second-order valence-electron chi connectivity index (χ2n) is 8.28. The predicted molar refractivity (Wildman–Crippen MR) is 129 cm³/mol. The van der Waals surface area contributed by atoms with Crippen LogP contribution in [-0.4, -0.2) is 53.3 Å². The van der Waals surface area contributed by atoms with Gasteiger partial charge in [0.15, 0.2) is 0 Å². The third-order valence-corrected chi connectivity index (χ3v) is 4.96. The third-order valence-electron chi connectivity index (χ3n) is 4.60. The standard InChI is InChI=1S/C24H35N3O4S/c1-7-10-15-25-21(28)20(18-14-12-11-13-17(18)8-2)27(9-3)22(29)19(16-32)26-23(30)31-24(4,5)6/h2,11-14,19-20,32H,7,9-10,15-16H2,1,3-6H3,(H,25,28)(H,26,30). The average molecular weight is 462 g/mol. The predicted octanol–water partition coefficient (Wildman–Crippen LogP) is 3.30. The van der Waals surface area contributed by atoms with E-state index in [1.807, 2.05) is 6.92 Å². The fourth-order valence-corrected chi connectivity index (χ4v) is 3.35. The van der Waals surface area contributed by atoms with E-state index in [2.05, 4.69) is 29.2 Å². The van der Waals surface area contributed by atoms with Crippen LogP contribution in [0.15, 0.2) is 24.3 Å². The minimum absolute atomic E-state index is 0.0372. The Kier molecular flexibility index (Phi) is 11.1. The zero-order valence-corrected chi connectivity index (χ0v) is 20.5. The van der Waals surface area contributed by atoms with Crippen LogP contribution < -0.4 is 10.6 Å². The van der Waals surface area contributed by atoms with Gasteiger partial charge in [-0.1, -0.05) is 37.5 Å². The number of carbonyl (C=O) groups excluding carboxylic acids is 3. The summed E-state index contributed by atoms with van der Waals surface area (Å²) in [6.07, 6.45) is 6.67. The van der Waals surface area contributed by atoms with E-state index in [-0.39, 0.29) is 18.2 Å². The smallest absolute Gasteiger partial charge is 0.408 e. The molecular weight excluding hydrogens is 426 g/mol.